The molecule has 0 unspecified atom stereocenters. The fourth-order valence-corrected chi connectivity index (χ4v) is 3.12. The Balaban J connectivity index is 2.10. The third-order valence-electron chi connectivity index (χ3n) is 5.51. The van der Waals surface area contributed by atoms with Crippen molar-refractivity contribution in [1.82, 2.24) is 4.57 Å². The lowest BCUT2D eigenvalue weighted by molar-refractivity contribution is 0.00578. The van der Waals surface area contributed by atoms with E-state index in [4.69, 9.17) is 19.8 Å². The molecule has 0 amide bonds. The van der Waals surface area contributed by atoms with E-state index in [0.29, 0.717) is 17.4 Å². The molecule has 0 aliphatic carbocycles. The molecule has 9 heteroatoms. The number of nitrogens with two attached hydrogens (primary N) is 1. The first-order valence-electron chi connectivity index (χ1n) is 9.00. The van der Waals surface area contributed by atoms with E-state index < -0.39 is 24.3 Å². The minimum atomic E-state index is -0.712. The number of carbonyl (C=O) groups excluding carboxylic acids is 2. The van der Waals surface area contributed by atoms with Crippen molar-refractivity contribution < 1.29 is 23.6 Å². The highest BCUT2D eigenvalue weighted by atomic mass is 16.7. The van der Waals surface area contributed by atoms with Gasteiger partial charge in [-0.3, -0.25) is 4.79 Å². The molecule has 0 saturated carbocycles. The van der Waals surface area contributed by atoms with Gasteiger partial charge in [-0.2, -0.15) is 5.26 Å². The quantitative estimate of drug-likeness (QED) is 0.477. The first-order valence-corrected chi connectivity index (χ1v) is 9.00. The highest BCUT2D eigenvalue weighted by Gasteiger charge is 2.51. The van der Waals surface area contributed by atoms with Gasteiger partial charge in [0.15, 0.2) is 12.0 Å². The topological polar surface area (TPSA) is 117 Å². The standard InChI is InChI=1S/C20H22BN3O5/c1-19(2)20(3,4)29-21(28-19)14-6-7-15(12(8-14)11-25)24-10-13(9-22)16(23)17(24)18(26)27-5/h6-8,10-11H,23H2,1-5H3. The summed E-state index contributed by atoms with van der Waals surface area (Å²) in [6.07, 6.45) is 2.06. The zero-order valence-corrected chi connectivity index (χ0v) is 17.0. The molecule has 3 rings (SSSR count). The Hall–Kier alpha value is -3.09. The Morgan fingerprint density at radius 3 is 2.41 bits per heavy atom. The van der Waals surface area contributed by atoms with E-state index in [1.807, 2.05) is 33.8 Å². The molecule has 0 spiro atoms. The van der Waals surface area contributed by atoms with Crippen molar-refractivity contribution >= 4 is 30.5 Å². The minimum Gasteiger partial charge on any atom is -0.464 e. The molecule has 1 saturated heterocycles. The van der Waals surface area contributed by atoms with Crippen LogP contribution in [0.5, 0.6) is 0 Å². The summed E-state index contributed by atoms with van der Waals surface area (Å²) in [5, 5.41) is 9.27. The van der Waals surface area contributed by atoms with Gasteiger partial charge in [0.1, 0.15) is 6.07 Å². The lowest BCUT2D eigenvalue weighted by atomic mass is 9.78. The third kappa shape index (κ3) is 3.31. The van der Waals surface area contributed by atoms with Crippen LogP contribution in [0.4, 0.5) is 5.69 Å². The van der Waals surface area contributed by atoms with Crippen LogP contribution in [0.2, 0.25) is 0 Å². The van der Waals surface area contributed by atoms with Gasteiger partial charge in [0, 0.05) is 11.8 Å². The fraction of sp³-hybridized carbons (Fsp3) is 0.350. The van der Waals surface area contributed by atoms with Crippen LogP contribution in [0.25, 0.3) is 5.69 Å². The summed E-state index contributed by atoms with van der Waals surface area (Å²) in [6.45, 7) is 7.76. The van der Waals surface area contributed by atoms with Gasteiger partial charge in [-0.05, 0) is 45.3 Å². The molecule has 1 aliphatic heterocycles. The lowest BCUT2D eigenvalue weighted by Gasteiger charge is -2.32. The van der Waals surface area contributed by atoms with Gasteiger partial charge in [-0.15, -0.1) is 0 Å². The predicted molar refractivity (Wildman–Crippen MR) is 107 cm³/mol. The number of ether oxygens (including phenoxy) is 1. The summed E-state index contributed by atoms with van der Waals surface area (Å²) < 4.78 is 18.2. The van der Waals surface area contributed by atoms with Gasteiger partial charge in [-0.1, -0.05) is 6.07 Å². The number of anilines is 1. The molecule has 8 nitrogen and oxygen atoms in total. The molecule has 1 aromatic heterocycles. The van der Waals surface area contributed by atoms with Gasteiger partial charge in [0.25, 0.3) is 0 Å². The van der Waals surface area contributed by atoms with Crippen molar-refractivity contribution in [3.63, 3.8) is 0 Å². The Morgan fingerprint density at radius 2 is 1.90 bits per heavy atom. The monoisotopic (exact) mass is 395 g/mol. The van der Waals surface area contributed by atoms with Gasteiger partial charge in [-0.25, -0.2) is 4.79 Å². The molecule has 2 N–H and O–H groups in total. The number of carbonyl (C=O) groups is 2. The number of rotatable bonds is 4. The summed E-state index contributed by atoms with van der Waals surface area (Å²) in [7, 11) is 0.574. The number of aldehydes is 1. The van der Waals surface area contributed by atoms with E-state index >= 15 is 0 Å². The highest BCUT2D eigenvalue weighted by molar-refractivity contribution is 6.62. The number of nitriles is 1. The Kier molecular flexibility index (Phi) is 5.03. The number of hydrogen-bond donors (Lipinski definition) is 1. The van der Waals surface area contributed by atoms with E-state index in [0.717, 1.165) is 0 Å². The molecule has 1 aromatic carbocycles. The molecule has 29 heavy (non-hydrogen) atoms. The maximum absolute atomic E-state index is 12.2. The molecular formula is C20H22BN3O5. The fourth-order valence-electron chi connectivity index (χ4n) is 3.12. The summed E-state index contributed by atoms with van der Waals surface area (Å²) in [6, 6.07) is 6.96. The van der Waals surface area contributed by atoms with Gasteiger partial charge in [0.05, 0.1) is 35.3 Å². The van der Waals surface area contributed by atoms with E-state index in [9.17, 15) is 14.9 Å². The normalized spacial score (nSPS) is 17.0. The van der Waals surface area contributed by atoms with Crippen LogP contribution in [0.15, 0.2) is 24.4 Å². The van der Waals surface area contributed by atoms with Crippen molar-refractivity contribution in [3.05, 3.63) is 41.2 Å². The van der Waals surface area contributed by atoms with Crippen LogP contribution in [-0.4, -0.2) is 42.3 Å². The first-order chi connectivity index (χ1) is 13.6. The number of methoxy groups -OCH3 is 1. The smallest absolute Gasteiger partial charge is 0.464 e. The number of nitrogen functional groups attached to an aromatic ring is 1. The summed E-state index contributed by atoms with van der Waals surface area (Å²) in [5.41, 5.74) is 6.30. The van der Waals surface area contributed by atoms with Crippen molar-refractivity contribution in [3.8, 4) is 11.8 Å². The van der Waals surface area contributed by atoms with E-state index in [1.54, 1.807) is 18.2 Å². The largest absolute Gasteiger partial charge is 0.494 e. The van der Waals surface area contributed by atoms with Crippen LogP contribution < -0.4 is 11.2 Å². The summed E-state index contributed by atoms with van der Waals surface area (Å²) in [4.78, 5) is 24.0. The van der Waals surface area contributed by atoms with Crippen LogP contribution >= 0.6 is 0 Å². The van der Waals surface area contributed by atoms with E-state index in [-0.39, 0.29) is 22.5 Å². The maximum atomic E-state index is 12.2. The van der Waals surface area contributed by atoms with Crippen molar-refractivity contribution in [1.29, 1.82) is 5.26 Å². The highest BCUT2D eigenvalue weighted by Crippen LogP contribution is 2.36. The number of benzene rings is 1. The lowest BCUT2D eigenvalue weighted by Crippen LogP contribution is -2.41. The van der Waals surface area contributed by atoms with Crippen molar-refractivity contribution in [2.75, 3.05) is 12.8 Å². The first kappa shape index (κ1) is 20.6. The van der Waals surface area contributed by atoms with Crippen LogP contribution in [0.1, 0.15) is 54.1 Å². The summed E-state index contributed by atoms with van der Waals surface area (Å²) >= 11 is 0. The minimum absolute atomic E-state index is 0.00812. The Morgan fingerprint density at radius 1 is 1.28 bits per heavy atom. The average molecular weight is 395 g/mol. The molecule has 0 radical (unpaired) electrons. The van der Waals surface area contributed by atoms with Crippen molar-refractivity contribution in [2.45, 2.75) is 38.9 Å². The van der Waals surface area contributed by atoms with Crippen LogP contribution in [-0.2, 0) is 14.0 Å². The molecule has 1 fully saturated rings. The molecule has 0 atom stereocenters. The van der Waals surface area contributed by atoms with Gasteiger partial charge >= 0.3 is 13.1 Å². The second-order valence-corrected chi connectivity index (χ2v) is 7.80. The van der Waals surface area contributed by atoms with Crippen LogP contribution in [0, 0.1) is 11.3 Å². The third-order valence-corrected chi connectivity index (χ3v) is 5.51. The molecule has 150 valence electrons. The average Bonchev–Trinajstić information content (AvgIpc) is 3.12. The number of hydrogen-bond acceptors (Lipinski definition) is 7. The van der Waals surface area contributed by atoms with E-state index in [1.165, 1.54) is 17.9 Å². The second kappa shape index (κ2) is 7.06. The van der Waals surface area contributed by atoms with Gasteiger partial charge < -0.3 is 24.3 Å². The maximum Gasteiger partial charge on any atom is 0.494 e. The number of nitrogens with zero attached hydrogens (tertiary/aromatic N) is 2. The molecule has 2 heterocycles. The van der Waals surface area contributed by atoms with Crippen molar-refractivity contribution in [2.24, 2.45) is 0 Å². The summed E-state index contributed by atoms with van der Waals surface area (Å²) in [5.74, 6) is -0.712. The number of aromatic nitrogens is 1. The van der Waals surface area contributed by atoms with Crippen LogP contribution in [0.3, 0.4) is 0 Å². The molecule has 1 aliphatic rings. The zero-order chi connectivity index (χ0) is 21.6. The SMILES string of the molecule is COC(=O)c1c(N)c(C#N)cn1-c1ccc(B2OC(C)(C)C(C)(C)O2)cc1C=O. The second-order valence-electron chi connectivity index (χ2n) is 7.80. The van der Waals surface area contributed by atoms with Gasteiger partial charge in [0.2, 0.25) is 0 Å². The molecular weight excluding hydrogens is 373 g/mol. The number of esters is 1. The Bertz CT molecular complexity index is 1020. The predicted octanol–water partition coefficient (Wildman–Crippen LogP) is 1.83. The zero-order valence-electron chi connectivity index (χ0n) is 17.0. The molecule has 0 bridgehead atoms. The molecule has 2 aromatic rings. The Labute approximate surface area is 169 Å². The van der Waals surface area contributed by atoms with E-state index in [2.05, 4.69) is 0 Å².